The lowest BCUT2D eigenvalue weighted by Gasteiger charge is -2.21. The molecule has 1 heterocycles. The molecule has 0 unspecified atom stereocenters. The largest absolute Gasteiger partial charge is 0.303 e. The van der Waals surface area contributed by atoms with Crippen LogP contribution in [-0.4, -0.2) is 22.4 Å². The lowest BCUT2D eigenvalue weighted by Crippen LogP contribution is -2.33. The van der Waals surface area contributed by atoms with Gasteiger partial charge < -0.3 is 4.90 Å². The molecule has 1 aromatic carbocycles. The van der Waals surface area contributed by atoms with Gasteiger partial charge in [0.05, 0.1) is 30.6 Å². The Hall–Kier alpha value is -2.52. The molecule has 0 saturated carbocycles. The number of hydrogen-bond acceptors (Lipinski definition) is 4. The van der Waals surface area contributed by atoms with Crippen LogP contribution in [0.15, 0.2) is 36.7 Å². The highest BCUT2D eigenvalue weighted by atomic mass is 35.5. The minimum atomic E-state index is -0.564. The summed E-state index contributed by atoms with van der Waals surface area (Å²) in [6.45, 7) is 0.0461. The van der Waals surface area contributed by atoms with Gasteiger partial charge >= 0.3 is 0 Å². The van der Waals surface area contributed by atoms with Crippen LogP contribution in [0.3, 0.4) is 0 Å². The van der Waals surface area contributed by atoms with E-state index in [0.717, 1.165) is 4.90 Å². The number of halogens is 2. The smallest absolute Gasteiger partial charge is 0.278 e. The van der Waals surface area contributed by atoms with E-state index < -0.39 is 11.7 Å². The van der Waals surface area contributed by atoms with Crippen LogP contribution in [0.2, 0.25) is 5.15 Å². The Morgan fingerprint density at radius 3 is 2.81 bits per heavy atom. The van der Waals surface area contributed by atoms with Gasteiger partial charge in [0.2, 0.25) is 0 Å². The van der Waals surface area contributed by atoms with E-state index in [9.17, 15) is 9.18 Å². The number of nitriles is 1. The van der Waals surface area contributed by atoms with E-state index in [1.54, 1.807) is 6.07 Å². The number of amides is 1. The molecule has 1 aromatic heterocycles. The zero-order valence-electron chi connectivity index (χ0n) is 10.8. The van der Waals surface area contributed by atoms with Crippen molar-refractivity contribution in [2.45, 2.75) is 6.42 Å². The van der Waals surface area contributed by atoms with E-state index in [-0.39, 0.29) is 29.5 Å². The molecule has 0 aliphatic heterocycles. The number of para-hydroxylation sites is 1. The molecule has 0 N–H and O–H groups in total. The van der Waals surface area contributed by atoms with Crippen molar-refractivity contribution < 1.29 is 9.18 Å². The molecule has 106 valence electrons. The van der Waals surface area contributed by atoms with Crippen molar-refractivity contribution in [1.82, 2.24) is 9.97 Å². The summed E-state index contributed by atoms with van der Waals surface area (Å²) >= 11 is 5.70. The lowest BCUT2D eigenvalue weighted by molar-refractivity contribution is 0.0981. The molecule has 0 spiro atoms. The number of benzene rings is 1. The molecule has 0 aliphatic rings. The number of nitrogens with zero attached hydrogens (tertiary/aromatic N) is 4. The van der Waals surface area contributed by atoms with Gasteiger partial charge in [0, 0.05) is 6.54 Å². The van der Waals surface area contributed by atoms with Crippen LogP contribution in [-0.2, 0) is 0 Å². The third-order valence-electron chi connectivity index (χ3n) is 2.66. The first kappa shape index (κ1) is 14.9. The minimum Gasteiger partial charge on any atom is -0.303 e. The summed E-state index contributed by atoms with van der Waals surface area (Å²) in [5.74, 6) is -1.12. The molecule has 0 fully saturated rings. The van der Waals surface area contributed by atoms with Gasteiger partial charge in [-0.05, 0) is 12.1 Å². The molecule has 0 aliphatic carbocycles. The SMILES string of the molecule is N#CCCN(C(=O)c1cncc(Cl)n1)c1ccccc1F. The Morgan fingerprint density at radius 1 is 1.38 bits per heavy atom. The lowest BCUT2D eigenvalue weighted by atomic mass is 10.2. The topological polar surface area (TPSA) is 69.9 Å². The third kappa shape index (κ3) is 3.52. The van der Waals surface area contributed by atoms with Gasteiger partial charge in [-0.25, -0.2) is 9.37 Å². The van der Waals surface area contributed by atoms with Crippen molar-refractivity contribution in [3.8, 4) is 6.07 Å². The van der Waals surface area contributed by atoms with Gasteiger partial charge in [0.1, 0.15) is 16.7 Å². The number of rotatable bonds is 4. The normalized spacial score (nSPS) is 9.95. The number of anilines is 1. The quantitative estimate of drug-likeness (QED) is 0.871. The zero-order valence-corrected chi connectivity index (χ0v) is 11.6. The molecule has 0 atom stereocenters. The predicted molar refractivity (Wildman–Crippen MR) is 75.3 cm³/mol. The van der Waals surface area contributed by atoms with Crippen molar-refractivity contribution in [3.63, 3.8) is 0 Å². The number of aromatic nitrogens is 2. The fourth-order valence-electron chi connectivity index (χ4n) is 1.75. The summed E-state index contributed by atoms with van der Waals surface area (Å²) in [6, 6.07) is 7.75. The van der Waals surface area contributed by atoms with E-state index in [1.807, 2.05) is 6.07 Å². The first-order valence-electron chi connectivity index (χ1n) is 6.04. The van der Waals surface area contributed by atoms with Crippen LogP contribution < -0.4 is 4.90 Å². The van der Waals surface area contributed by atoms with Gasteiger partial charge in [-0.1, -0.05) is 23.7 Å². The average Bonchev–Trinajstić information content (AvgIpc) is 2.49. The molecular formula is C14H10ClFN4O. The molecule has 2 aromatic rings. The summed E-state index contributed by atoms with van der Waals surface area (Å²) in [6.07, 6.45) is 2.60. The second kappa shape index (κ2) is 6.77. The van der Waals surface area contributed by atoms with Crippen molar-refractivity contribution in [2.75, 3.05) is 11.4 Å². The maximum Gasteiger partial charge on any atom is 0.278 e. The maximum absolute atomic E-state index is 13.9. The Bertz CT molecular complexity index is 701. The Balaban J connectivity index is 2.39. The van der Waals surface area contributed by atoms with Crippen LogP contribution in [0.1, 0.15) is 16.9 Å². The fourth-order valence-corrected chi connectivity index (χ4v) is 1.89. The highest BCUT2D eigenvalue weighted by Crippen LogP contribution is 2.21. The minimum absolute atomic E-state index is 0.0105. The number of hydrogen-bond donors (Lipinski definition) is 0. The van der Waals surface area contributed by atoms with Crippen LogP contribution >= 0.6 is 11.6 Å². The van der Waals surface area contributed by atoms with Crippen LogP contribution in [0, 0.1) is 17.1 Å². The molecule has 7 heteroatoms. The second-order valence-corrected chi connectivity index (χ2v) is 4.43. The van der Waals surface area contributed by atoms with E-state index >= 15 is 0 Å². The first-order valence-corrected chi connectivity index (χ1v) is 6.42. The molecule has 5 nitrogen and oxygen atoms in total. The standard InChI is InChI=1S/C14H10ClFN4O/c15-13-9-18-8-11(19-13)14(21)20(7-3-6-17)12-5-2-1-4-10(12)16/h1-2,4-5,8-9H,3,7H2. The molecule has 2 rings (SSSR count). The molecule has 0 saturated heterocycles. The van der Waals surface area contributed by atoms with Gasteiger partial charge in [-0.15, -0.1) is 0 Å². The first-order chi connectivity index (χ1) is 10.1. The van der Waals surface area contributed by atoms with Gasteiger partial charge in [-0.2, -0.15) is 5.26 Å². The second-order valence-electron chi connectivity index (χ2n) is 4.04. The maximum atomic E-state index is 13.9. The van der Waals surface area contributed by atoms with E-state index in [0.29, 0.717) is 0 Å². The number of carbonyl (C=O) groups is 1. The molecule has 0 radical (unpaired) electrons. The fraction of sp³-hybridized carbons (Fsp3) is 0.143. The van der Waals surface area contributed by atoms with E-state index in [2.05, 4.69) is 9.97 Å². The van der Waals surface area contributed by atoms with Crippen LogP contribution in [0.4, 0.5) is 10.1 Å². The average molecular weight is 305 g/mol. The van der Waals surface area contributed by atoms with Crippen LogP contribution in [0.5, 0.6) is 0 Å². The van der Waals surface area contributed by atoms with E-state index in [1.165, 1.54) is 30.6 Å². The van der Waals surface area contributed by atoms with Gasteiger partial charge in [0.15, 0.2) is 0 Å². The number of carbonyl (C=O) groups excluding carboxylic acids is 1. The van der Waals surface area contributed by atoms with Crippen molar-refractivity contribution in [1.29, 1.82) is 5.26 Å². The summed E-state index contributed by atoms with van der Waals surface area (Å²) in [4.78, 5) is 21.2. The molecule has 0 bridgehead atoms. The van der Waals surface area contributed by atoms with Crippen molar-refractivity contribution >= 4 is 23.2 Å². The summed E-state index contributed by atoms with van der Waals surface area (Å²) in [5, 5.41) is 8.76. The Labute approximate surface area is 125 Å². The summed E-state index contributed by atoms with van der Waals surface area (Å²) in [5.41, 5.74) is 0.0724. The molecule has 21 heavy (non-hydrogen) atoms. The Kier molecular flexibility index (Phi) is 4.80. The molecule has 1 amide bonds. The predicted octanol–water partition coefficient (Wildman–Crippen LogP) is 2.83. The highest BCUT2D eigenvalue weighted by Gasteiger charge is 2.21. The van der Waals surface area contributed by atoms with Crippen LogP contribution in [0.25, 0.3) is 0 Å². The highest BCUT2D eigenvalue weighted by molar-refractivity contribution is 6.29. The third-order valence-corrected chi connectivity index (χ3v) is 2.84. The Morgan fingerprint density at radius 2 is 2.14 bits per heavy atom. The van der Waals surface area contributed by atoms with E-state index in [4.69, 9.17) is 16.9 Å². The summed E-state index contributed by atoms with van der Waals surface area (Å²) < 4.78 is 13.9. The summed E-state index contributed by atoms with van der Waals surface area (Å²) in [7, 11) is 0. The monoisotopic (exact) mass is 304 g/mol. The van der Waals surface area contributed by atoms with Gasteiger partial charge in [0.25, 0.3) is 5.91 Å². The zero-order chi connectivity index (χ0) is 15.2. The van der Waals surface area contributed by atoms with Crippen molar-refractivity contribution in [2.24, 2.45) is 0 Å². The molecular weight excluding hydrogens is 295 g/mol. The van der Waals surface area contributed by atoms with Crippen molar-refractivity contribution in [3.05, 3.63) is 53.3 Å². The van der Waals surface area contributed by atoms with Gasteiger partial charge in [-0.3, -0.25) is 9.78 Å².